The Labute approximate surface area is 189 Å². The van der Waals surface area contributed by atoms with Gasteiger partial charge in [-0.3, -0.25) is 14.4 Å². The number of nitrogens with one attached hydrogen (secondary N) is 3. The zero-order chi connectivity index (χ0) is 23.4. The van der Waals surface area contributed by atoms with Crippen LogP contribution in [0, 0.1) is 6.92 Å². The Hall–Kier alpha value is -4.46. The van der Waals surface area contributed by atoms with Gasteiger partial charge < -0.3 is 20.4 Å². The maximum Gasteiger partial charge on any atom is 0.261 e. The Bertz CT molecular complexity index is 1400. The fourth-order valence-electron chi connectivity index (χ4n) is 3.33. The zero-order valence-electron chi connectivity index (χ0n) is 18.1. The fraction of sp³-hybridized carbons (Fsp3) is 0.120. The number of aryl methyl sites for hydroxylation is 1. The van der Waals surface area contributed by atoms with Gasteiger partial charge in [-0.2, -0.15) is 0 Å². The molecule has 2 heterocycles. The number of hydrogen-bond acceptors (Lipinski definition) is 5. The molecule has 2 aromatic carbocycles. The number of benzene rings is 2. The number of methoxy groups -OCH3 is 1. The summed E-state index contributed by atoms with van der Waals surface area (Å²) in [5.74, 6) is -0.495. The summed E-state index contributed by atoms with van der Waals surface area (Å²) in [6.45, 7) is 2.20. The normalized spacial score (nSPS) is 10.6. The van der Waals surface area contributed by atoms with Gasteiger partial charge in [-0.25, -0.2) is 4.98 Å². The number of aromatic amines is 1. The molecule has 0 radical (unpaired) electrons. The van der Waals surface area contributed by atoms with Gasteiger partial charge in [-0.1, -0.05) is 36.4 Å². The number of hydrogen-bond donors (Lipinski definition) is 3. The molecule has 0 atom stereocenters. The number of amides is 2. The topological polar surface area (TPSA) is 113 Å². The van der Waals surface area contributed by atoms with Crippen molar-refractivity contribution in [1.29, 1.82) is 0 Å². The lowest BCUT2D eigenvalue weighted by molar-refractivity contribution is 0.0949. The van der Waals surface area contributed by atoms with E-state index < -0.39 is 11.5 Å². The van der Waals surface area contributed by atoms with Gasteiger partial charge in [0.25, 0.3) is 17.4 Å². The molecule has 3 N–H and O–H groups in total. The number of aromatic nitrogens is 2. The van der Waals surface area contributed by atoms with E-state index in [9.17, 15) is 14.4 Å². The second kappa shape index (κ2) is 9.35. The highest BCUT2D eigenvalue weighted by molar-refractivity contribution is 6.06. The molecule has 0 aliphatic carbocycles. The van der Waals surface area contributed by atoms with Gasteiger partial charge in [0.1, 0.15) is 5.56 Å². The van der Waals surface area contributed by atoms with Gasteiger partial charge in [0.15, 0.2) is 0 Å². The molecule has 33 heavy (non-hydrogen) atoms. The summed E-state index contributed by atoms with van der Waals surface area (Å²) in [6, 6.07) is 17.7. The third-order valence-electron chi connectivity index (χ3n) is 5.20. The molecule has 0 aliphatic heterocycles. The molecular formula is C25H22N4O4. The molecule has 0 saturated heterocycles. The number of fused-ring (bicyclic) bond motifs is 1. The van der Waals surface area contributed by atoms with E-state index in [1.165, 1.54) is 19.4 Å². The van der Waals surface area contributed by atoms with Crippen molar-refractivity contribution in [1.82, 2.24) is 15.3 Å². The molecule has 2 aromatic heterocycles. The van der Waals surface area contributed by atoms with Gasteiger partial charge in [0, 0.05) is 35.4 Å². The van der Waals surface area contributed by atoms with Gasteiger partial charge in [-0.05, 0) is 36.2 Å². The standard InChI is InChI=1S/C25H22N4O4/c1-15-8-9-17(23(30)27-13-16-6-4-3-5-7-16)11-20(15)28-24(31)19-10-18-14-26-22(33-2)12-21(18)29-25(19)32/h3-12,14H,13H2,1-2H3,(H,27,30)(H,28,31)(H,29,32). The molecule has 0 spiro atoms. The van der Waals surface area contributed by atoms with E-state index in [1.807, 2.05) is 37.3 Å². The summed E-state index contributed by atoms with van der Waals surface area (Å²) in [5.41, 5.74) is 2.49. The number of nitrogens with zero attached hydrogens (tertiary/aromatic N) is 1. The Morgan fingerprint density at radius 1 is 1.03 bits per heavy atom. The van der Waals surface area contributed by atoms with E-state index >= 15 is 0 Å². The monoisotopic (exact) mass is 442 g/mol. The van der Waals surface area contributed by atoms with Crippen LogP contribution >= 0.6 is 0 Å². The van der Waals surface area contributed by atoms with Crippen LogP contribution in [0.5, 0.6) is 5.88 Å². The first kappa shape index (κ1) is 21.8. The second-order valence-electron chi connectivity index (χ2n) is 7.48. The van der Waals surface area contributed by atoms with E-state index in [0.29, 0.717) is 34.6 Å². The van der Waals surface area contributed by atoms with Crippen LogP contribution in [0.2, 0.25) is 0 Å². The number of pyridine rings is 2. The molecule has 2 amide bonds. The fourth-order valence-corrected chi connectivity index (χ4v) is 3.33. The predicted octanol–water partition coefficient (Wildman–Crippen LogP) is 3.42. The highest BCUT2D eigenvalue weighted by atomic mass is 16.5. The highest BCUT2D eigenvalue weighted by Gasteiger charge is 2.15. The van der Waals surface area contributed by atoms with Crippen molar-refractivity contribution in [2.75, 3.05) is 12.4 Å². The molecule has 4 rings (SSSR count). The lowest BCUT2D eigenvalue weighted by Crippen LogP contribution is -2.25. The van der Waals surface area contributed by atoms with Crippen LogP contribution in [-0.2, 0) is 6.54 Å². The quantitative estimate of drug-likeness (QED) is 0.423. The highest BCUT2D eigenvalue weighted by Crippen LogP contribution is 2.19. The van der Waals surface area contributed by atoms with Crippen molar-refractivity contribution < 1.29 is 14.3 Å². The molecule has 0 fully saturated rings. The first-order valence-corrected chi connectivity index (χ1v) is 10.3. The first-order chi connectivity index (χ1) is 15.9. The van der Waals surface area contributed by atoms with Crippen molar-refractivity contribution in [3.05, 3.63) is 99.5 Å². The van der Waals surface area contributed by atoms with Crippen molar-refractivity contribution in [3.8, 4) is 5.88 Å². The third kappa shape index (κ3) is 4.90. The van der Waals surface area contributed by atoms with Gasteiger partial charge in [-0.15, -0.1) is 0 Å². The molecule has 0 saturated carbocycles. The van der Waals surface area contributed by atoms with E-state index in [-0.39, 0.29) is 11.5 Å². The van der Waals surface area contributed by atoms with Crippen LogP contribution in [0.3, 0.4) is 0 Å². The SMILES string of the molecule is COc1cc2[nH]c(=O)c(C(=O)Nc3cc(C(=O)NCc4ccccc4)ccc3C)cc2cn1. The van der Waals surface area contributed by atoms with E-state index in [4.69, 9.17) is 4.74 Å². The molecule has 4 aromatic rings. The van der Waals surface area contributed by atoms with Gasteiger partial charge in [0.2, 0.25) is 5.88 Å². The summed E-state index contributed by atoms with van der Waals surface area (Å²) in [7, 11) is 1.48. The van der Waals surface area contributed by atoms with Crippen molar-refractivity contribution in [2.24, 2.45) is 0 Å². The summed E-state index contributed by atoms with van der Waals surface area (Å²) in [4.78, 5) is 44.7. The van der Waals surface area contributed by atoms with Gasteiger partial charge >= 0.3 is 0 Å². The lowest BCUT2D eigenvalue weighted by Gasteiger charge is -2.11. The predicted molar refractivity (Wildman–Crippen MR) is 126 cm³/mol. The van der Waals surface area contributed by atoms with Crippen LogP contribution in [-0.4, -0.2) is 28.9 Å². The number of carbonyl (C=O) groups excluding carboxylic acids is 2. The minimum atomic E-state index is -0.584. The number of anilines is 1. The Balaban J connectivity index is 1.53. The van der Waals surface area contributed by atoms with Crippen LogP contribution in [0.25, 0.3) is 10.9 Å². The van der Waals surface area contributed by atoms with E-state index in [1.54, 1.807) is 24.3 Å². The van der Waals surface area contributed by atoms with Crippen LogP contribution in [0.15, 0.2) is 71.7 Å². The summed E-state index contributed by atoms with van der Waals surface area (Å²) >= 11 is 0. The molecule has 166 valence electrons. The van der Waals surface area contributed by atoms with E-state index in [0.717, 1.165) is 11.1 Å². The van der Waals surface area contributed by atoms with Crippen molar-refractivity contribution in [2.45, 2.75) is 13.5 Å². The first-order valence-electron chi connectivity index (χ1n) is 10.3. The molecule has 8 heteroatoms. The zero-order valence-corrected chi connectivity index (χ0v) is 18.1. The maximum atomic E-state index is 12.9. The van der Waals surface area contributed by atoms with Crippen molar-refractivity contribution >= 4 is 28.4 Å². The van der Waals surface area contributed by atoms with Crippen LogP contribution < -0.4 is 20.9 Å². The minimum absolute atomic E-state index is 0.0622. The largest absolute Gasteiger partial charge is 0.481 e. The van der Waals surface area contributed by atoms with Crippen LogP contribution in [0.1, 0.15) is 31.8 Å². The Morgan fingerprint density at radius 3 is 2.58 bits per heavy atom. The molecule has 0 aliphatic rings. The molecule has 0 bridgehead atoms. The average Bonchev–Trinajstić information content (AvgIpc) is 2.83. The number of H-pyrrole nitrogens is 1. The lowest BCUT2D eigenvalue weighted by atomic mass is 10.1. The molecule has 0 unspecified atom stereocenters. The summed E-state index contributed by atoms with van der Waals surface area (Å²) in [6.07, 6.45) is 1.52. The molecule has 8 nitrogen and oxygen atoms in total. The second-order valence-corrected chi connectivity index (χ2v) is 7.48. The third-order valence-corrected chi connectivity index (χ3v) is 5.20. The number of carbonyl (C=O) groups is 2. The van der Waals surface area contributed by atoms with E-state index in [2.05, 4.69) is 20.6 Å². The Morgan fingerprint density at radius 2 is 1.82 bits per heavy atom. The summed E-state index contributed by atoms with van der Waals surface area (Å²) < 4.78 is 5.06. The summed E-state index contributed by atoms with van der Waals surface area (Å²) in [5, 5.41) is 6.19. The average molecular weight is 442 g/mol. The van der Waals surface area contributed by atoms with Crippen LogP contribution in [0.4, 0.5) is 5.69 Å². The number of ether oxygens (including phenoxy) is 1. The Kier molecular flexibility index (Phi) is 6.17. The van der Waals surface area contributed by atoms with Gasteiger partial charge in [0.05, 0.1) is 12.6 Å². The van der Waals surface area contributed by atoms with Crippen molar-refractivity contribution in [3.63, 3.8) is 0 Å². The smallest absolute Gasteiger partial charge is 0.261 e. The maximum absolute atomic E-state index is 12.9. The number of rotatable bonds is 6. The molecular weight excluding hydrogens is 420 g/mol. The minimum Gasteiger partial charge on any atom is -0.481 e.